The van der Waals surface area contributed by atoms with Crippen LogP contribution in [0.1, 0.15) is 10.7 Å². The highest BCUT2D eigenvalue weighted by atomic mass is 32.1. The Morgan fingerprint density at radius 1 is 1.12 bits per heavy atom. The van der Waals surface area contributed by atoms with Crippen molar-refractivity contribution in [3.05, 3.63) is 61.9 Å². The summed E-state index contributed by atoms with van der Waals surface area (Å²) in [4.78, 5) is 20.6. The molecule has 0 aliphatic carbocycles. The molecule has 3 aromatic heterocycles. The Kier molecular flexibility index (Phi) is 3.93. The van der Waals surface area contributed by atoms with Crippen molar-refractivity contribution in [3.63, 3.8) is 0 Å². The van der Waals surface area contributed by atoms with Crippen molar-refractivity contribution in [2.24, 2.45) is 0 Å². The first-order valence-electron chi connectivity index (χ1n) is 6.91. The molecule has 0 bridgehead atoms. The molecule has 0 saturated carbocycles. The Balaban J connectivity index is 1.59. The van der Waals surface area contributed by atoms with Gasteiger partial charge in [0.2, 0.25) is 0 Å². The molecular formula is C16H9N3O2S3. The van der Waals surface area contributed by atoms with Crippen LogP contribution in [0.15, 0.2) is 41.1 Å². The fourth-order valence-electron chi connectivity index (χ4n) is 2.15. The molecule has 0 atom stereocenters. The first kappa shape index (κ1) is 15.1. The van der Waals surface area contributed by atoms with Crippen molar-refractivity contribution in [3.8, 4) is 9.88 Å². The number of benzene rings is 1. The van der Waals surface area contributed by atoms with E-state index in [1.165, 1.54) is 23.5 Å². The molecule has 4 rings (SSSR count). The molecule has 8 heteroatoms. The van der Waals surface area contributed by atoms with E-state index in [-0.39, 0.29) is 5.69 Å². The van der Waals surface area contributed by atoms with Gasteiger partial charge in [0.1, 0.15) is 10.0 Å². The van der Waals surface area contributed by atoms with E-state index in [1.54, 1.807) is 28.7 Å². The second kappa shape index (κ2) is 6.23. The minimum absolute atomic E-state index is 0.0587. The molecule has 0 amide bonds. The second-order valence-electron chi connectivity index (χ2n) is 4.85. The molecule has 118 valence electrons. The predicted molar refractivity (Wildman–Crippen MR) is 101 cm³/mol. The van der Waals surface area contributed by atoms with E-state index in [0.29, 0.717) is 5.52 Å². The molecule has 0 unspecified atom stereocenters. The van der Waals surface area contributed by atoms with E-state index in [1.807, 2.05) is 29.0 Å². The fraction of sp³-hybridized carbons (Fsp3) is 0. The smallest absolute Gasteiger partial charge is 0.258 e. The molecule has 0 fully saturated rings. The fourth-order valence-corrected chi connectivity index (χ4v) is 4.60. The lowest BCUT2D eigenvalue weighted by molar-refractivity contribution is -0.384. The Morgan fingerprint density at radius 3 is 2.83 bits per heavy atom. The van der Waals surface area contributed by atoms with Gasteiger partial charge in [0.15, 0.2) is 0 Å². The van der Waals surface area contributed by atoms with Crippen molar-refractivity contribution in [1.29, 1.82) is 0 Å². The van der Waals surface area contributed by atoms with Gasteiger partial charge in [-0.15, -0.1) is 34.0 Å². The van der Waals surface area contributed by atoms with Crippen LogP contribution in [0.3, 0.4) is 0 Å². The quantitative estimate of drug-likeness (QED) is 0.348. The summed E-state index contributed by atoms with van der Waals surface area (Å²) in [6.07, 6.45) is 3.81. The van der Waals surface area contributed by atoms with E-state index in [2.05, 4.69) is 16.0 Å². The minimum atomic E-state index is -0.407. The summed E-state index contributed by atoms with van der Waals surface area (Å²) < 4.78 is 0.929. The lowest BCUT2D eigenvalue weighted by Crippen LogP contribution is -1.86. The molecule has 0 aliphatic heterocycles. The largest absolute Gasteiger partial charge is 0.271 e. The molecule has 1 aromatic carbocycles. The zero-order valence-corrected chi connectivity index (χ0v) is 14.5. The number of hydrogen-bond acceptors (Lipinski definition) is 7. The molecule has 0 N–H and O–H groups in total. The topological polar surface area (TPSA) is 68.9 Å². The van der Waals surface area contributed by atoms with Crippen LogP contribution >= 0.6 is 34.0 Å². The van der Waals surface area contributed by atoms with E-state index in [0.717, 1.165) is 25.3 Å². The third-order valence-corrected chi connectivity index (χ3v) is 6.15. The number of nitro groups is 1. The molecule has 0 radical (unpaired) electrons. The summed E-state index contributed by atoms with van der Waals surface area (Å²) in [6.45, 7) is 0. The molecule has 4 aromatic rings. The Bertz CT molecular complexity index is 1050. The lowest BCUT2D eigenvalue weighted by atomic mass is 10.3. The average Bonchev–Trinajstić information content (AvgIpc) is 3.30. The maximum atomic E-state index is 10.8. The SMILES string of the molecule is O=[N+]([O-])c1ccc2sc(/C=C/c3csc(-c4cccs4)n3)nc2c1. The van der Waals surface area contributed by atoms with E-state index < -0.39 is 4.92 Å². The van der Waals surface area contributed by atoms with Crippen LogP contribution in [0, 0.1) is 10.1 Å². The van der Waals surface area contributed by atoms with Gasteiger partial charge in [-0.1, -0.05) is 6.07 Å². The molecular weight excluding hydrogens is 362 g/mol. The number of fused-ring (bicyclic) bond motifs is 1. The number of nitro benzene ring substituents is 1. The van der Waals surface area contributed by atoms with Gasteiger partial charge in [-0.3, -0.25) is 10.1 Å². The Labute approximate surface area is 148 Å². The normalized spacial score (nSPS) is 11.5. The number of aromatic nitrogens is 2. The second-order valence-corrected chi connectivity index (χ2v) is 7.72. The summed E-state index contributed by atoms with van der Waals surface area (Å²) in [5.41, 5.74) is 1.59. The lowest BCUT2D eigenvalue weighted by Gasteiger charge is -1.89. The van der Waals surface area contributed by atoms with Crippen LogP contribution in [0.4, 0.5) is 5.69 Å². The Morgan fingerprint density at radius 2 is 2.04 bits per heavy atom. The highest BCUT2D eigenvalue weighted by Crippen LogP contribution is 2.29. The third kappa shape index (κ3) is 2.99. The van der Waals surface area contributed by atoms with Gasteiger partial charge in [0.25, 0.3) is 5.69 Å². The highest BCUT2D eigenvalue weighted by Gasteiger charge is 2.09. The van der Waals surface area contributed by atoms with Crippen LogP contribution in [0.2, 0.25) is 0 Å². The van der Waals surface area contributed by atoms with Gasteiger partial charge in [0.05, 0.1) is 25.7 Å². The van der Waals surface area contributed by atoms with E-state index in [9.17, 15) is 10.1 Å². The van der Waals surface area contributed by atoms with Crippen molar-refractivity contribution in [2.75, 3.05) is 0 Å². The molecule has 0 saturated heterocycles. The van der Waals surface area contributed by atoms with Crippen molar-refractivity contribution < 1.29 is 4.92 Å². The Hall–Kier alpha value is -2.42. The number of rotatable bonds is 4. The van der Waals surface area contributed by atoms with E-state index in [4.69, 9.17) is 0 Å². The molecule has 5 nitrogen and oxygen atoms in total. The number of nitrogens with zero attached hydrogens (tertiary/aromatic N) is 3. The van der Waals surface area contributed by atoms with Gasteiger partial charge in [-0.05, 0) is 29.7 Å². The van der Waals surface area contributed by atoms with Gasteiger partial charge in [-0.2, -0.15) is 0 Å². The summed E-state index contributed by atoms with van der Waals surface area (Å²) in [6, 6.07) is 8.80. The van der Waals surface area contributed by atoms with Gasteiger partial charge in [0, 0.05) is 17.5 Å². The maximum Gasteiger partial charge on any atom is 0.271 e. The molecule has 0 aliphatic rings. The van der Waals surface area contributed by atoms with Crippen LogP contribution in [0.5, 0.6) is 0 Å². The zero-order chi connectivity index (χ0) is 16.5. The van der Waals surface area contributed by atoms with Gasteiger partial charge >= 0.3 is 0 Å². The number of thiophene rings is 1. The van der Waals surface area contributed by atoms with Crippen molar-refractivity contribution in [2.45, 2.75) is 0 Å². The summed E-state index contributed by atoms with van der Waals surface area (Å²) in [7, 11) is 0. The van der Waals surface area contributed by atoms with Crippen LogP contribution in [-0.2, 0) is 0 Å². The molecule has 3 heterocycles. The first-order chi connectivity index (χ1) is 11.7. The highest BCUT2D eigenvalue weighted by molar-refractivity contribution is 7.20. The van der Waals surface area contributed by atoms with Gasteiger partial charge in [-0.25, -0.2) is 9.97 Å². The van der Waals surface area contributed by atoms with Crippen LogP contribution in [-0.4, -0.2) is 14.9 Å². The predicted octanol–water partition coefficient (Wildman–Crippen LogP) is 5.56. The van der Waals surface area contributed by atoms with Crippen molar-refractivity contribution >= 4 is 62.1 Å². The van der Waals surface area contributed by atoms with Gasteiger partial charge < -0.3 is 0 Å². The first-order valence-corrected chi connectivity index (χ1v) is 9.49. The molecule has 24 heavy (non-hydrogen) atoms. The van der Waals surface area contributed by atoms with Crippen molar-refractivity contribution in [1.82, 2.24) is 9.97 Å². The summed E-state index contributed by atoms with van der Waals surface area (Å²) >= 11 is 4.78. The average molecular weight is 371 g/mol. The molecule has 0 spiro atoms. The zero-order valence-electron chi connectivity index (χ0n) is 12.1. The number of hydrogen-bond donors (Lipinski definition) is 0. The number of non-ortho nitro benzene ring substituents is 1. The van der Waals surface area contributed by atoms with Crippen LogP contribution in [0.25, 0.3) is 32.3 Å². The maximum absolute atomic E-state index is 10.8. The number of thiazole rings is 2. The summed E-state index contributed by atoms with van der Waals surface area (Å²) in [5, 5.41) is 16.7. The third-order valence-electron chi connectivity index (χ3n) is 3.25. The van der Waals surface area contributed by atoms with E-state index >= 15 is 0 Å². The standard InChI is InChI=1S/C16H9N3O2S3/c20-19(21)11-4-5-13-12(8-11)18-15(24-13)6-3-10-9-23-16(17-10)14-2-1-7-22-14/h1-9H/b6-3+. The minimum Gasteiger partial charge on any atom is -0.258 e. The monoisotopic (exact) mass is 371 g/mol. The van der Waals surface area contributed by atoms with Crippen LogP contribution < -0.4 is 0 Å². The summed E-state index contributed by atoms with van der Waals surface area (Å²) in [5.74, 6) is 0.